The molecule has 1 aromatic rings. The summed E-state index contributed by atoms with van der Waals surface area (Å²) < 4.78 is 0. The molecule has 0 atom stereocenters. The second-order valence-electron chi connectivity index (χ2n) is 4.31. The van der Waals surface area contributed by atoms with Crippen molar-refractivity contribution in [3.8, 4) is 18.4 Å². The minimum absolute atomic E-state index is 0.0263. The van der Waals surface area contributed by atoms with E-state index in [1.54, 1.807) is 6.07 Å². The van der Waals surface area contributed by atoms with Crippen molar-refractivity contribution < 1.29 is 0 Å². The molecule has 70 valence electrons. The number of nitriles is 1. The van der Waals surface area contributed by atoms with Crippen LogP contribution in [0.3, 0.4) is 0 Å². The fourth-order valence-corrected chi connectivity index (χ4v) is 1.21. The third-order valence-corrected chi connectivity index (χ3v) is 2.09. The maximum absolute atomic E-state index is 8.83. The van der Waals surface area contributed by atoms with Gasteiger partial charge in [-0.15, -0.1) is 6.42 Å². The molecule has 0 spiro atoms. The number of hydrogen-bond acceptors (Lipinski definition) is 1. The third kappa shape index (κ3) is 2.15. The molecule has 1 aromatic carbocycles. The first kappa shape index (κ1) is 10.4. The number of benzene rings is 1. The van der Waals surface area contributed by atoms with Crippen molar-refractivity contribution in [1.29, 1.82) is 5.26 Å². The van der Waals surface area contributed by atoms with Crippen LogP contribution < -0.4 is 0 Å². The molecule has 1 nitrogen and oxygen atoms in total. The smallest absolute Gasteiger partial charge is 0.0992 e. The van der Waals surface area contributed by atoms with Crippen LogP contribution in [-0.4, -0.2) is 0 Å². The highest BCUT2D eigenvalue weighted by Gasteiger charge is 2.14. The van der Waals surface area contributed by atoms with Crippen molar-refractivity contribution in [2.24, 2.45) is 0 Å². The van der Waals surface area contributed by atoms with E-state index in [2.05, 4.69) is 32.8 Å². The van der Waals surface area contributed by atoms with Crippen molar-refractivity contribution in [1.82, 2.24) is 0 Å². The van der Waals surface area contributed by atoms with Gasteiger partial charge in [-0.25, -0.2) is 0 Å². The lowest BCUT2D eigenvalue weighted by Crippen LogP contribution is -2.11. The van der Waals surface area contributed by atoms with Gasteiger partial charge in [0.1, 0.15) is 0 Å². The van der Waals surface area contributed by atoms with E-state index in [0.29, 0.717) is 5.56 Å². The molecule has 0 aliphatic carbocycles. The van der Waals surface area contributed by atoms with Crippen LogP contribution in [0.15, 0.2) is 18.2 Å². The molecule has 0 fully saturated rings. The molecule has 0 saturated heterocycles. The summed E-state index contributed by atoms with van der Waals surface area (Å²) in [6, 6.07) is 7.70. The van der Waals surface area contributed by atoms with Crippen molar-refractivity contribution in [2.75, 3.05) is 0 Å². The standard InChI is InChI=1S/C13H13N/c1-5-10-6-11(9-14)8-12(7-10)13(2,3)4/h1,6-8H,2-4H3. The van der Waals surface area contributed by atoms with Gasteiger partial charge in [0.2, 0.25) is 0 Å². The van der Waals surface area contributed by atoms with Crippen LogP contribution in [-0.2, 0) is 5.41 Å². The maximum atomic E-state index is 8.83. The molecule has 0 unspecified atom stereocenters. The topological polar surface area (TPSA) is 23.8 Å². The number of rotatable bonds is 0. The van der Waals surface area contributed by atoms with Gasteiger partial charge in [-0.3, -0.25) is 0 Å². The van der Waals surface area contributed by atoms with Gasteiger partial charge in [0.15, 0.2) is 0 Å². The second kappa shape index (κ2) is 3.56. The van der Waals surface area contributed by atoms with Gasteiger partial charge in [-0.05, 0) is 29.2 Å². The largest absolute Gasteiger partial charge is 0.192 e. The predicted octanol–water partition coefficient (Wildman–Crippen LogP) is 2.84. The molecular weight excluding hydrogens is 170 g/mol. The van der Waals surface area contributed by atoms with Crippen molar-refractivity contribution in [3.05, 3.63) is 34.9 Å². The number of hydrogen-bond donors (Lipinski definition) is 0. The Morgan fingerprint density at radius 3 is 2.14 bits per heavy atom. The zero-order valence-electron chi connectivity index (χ0n) is 8.76. The molecule has 0 amide bonds. The van der Waals surface area contributed by atoms with E-state index in [-0.39, 0.29) is 5.41 Å². The van der Waals surface area contributed by atoms with E-state index in [0.717, 1.165) is 11.1 Å². The Balaban J connectivity index is 3.36. The Bertz CT molecular complexity index is 390. The van der Waals surface area contributed by atoms with E-state index in [1.165, 1.54) is 0 Å². The Kier molecular flexibility index (Phi) is 2.63. The zero-order valence-corrected chi connectivity index (χ0v) is 8.76. The summed E-state index contributed by atoms with van der Waals surface area (Å²) in [7, 11) is 0. The molecule has 0 saturated carbocycles. The quantitative estimate of drug-likeness (QED) is 0.567. The number of nitrogens with zero attached hydrogens (tertiary/aromatic N) is 1. The predicted molar refractivity (Wildman–Crippen MR) is 57.8 cm³/mol. The van der Waals surface area contributed by atoms with E-state index < -0.39 is 0 Å². The summed E-state index contributed by atoms with van der Waals surface area (Å²) in [4.78, 5) is 0. The first-order chi connectivity index (χ1) is 6.47. The lowest BCUT2D eigenvalue weighted by atomic mass is 9.85. The van der Waals surface area contributed by atoms with Crippen molar-refractivity contribution in [2.45, 2.75) is 26.2 Å². The normalized spacial score (nSPS) is 10.4. The van der Waals surface area contributed by atoms with Crippen LogP contribution in [0.1, 0.15) is 37.5 Å². The van der Waals surface area contributed by atoms with Crippen LogP contribution in [0, 0.1) is 23.7 Å². The average molecular weight is 183 g/mol. The minimum Gasteiger partial charge on any atom is -0.192 e. The Morgan fingerprint density at radius 1 is 1.14 bits per heavy atom. The van der Waals surface area contributed by atoms with Gasteiger partial charge < -0.3 is 0 Å². The zero-order chi connectivity index (χ0) is 10.8. The molecule has 0 aliphatic heterocycles. The summed E-state index contributed by atoms with van der Waals surface area (Å²) in [6.07, 6.45) is 5.33. The minimum atomic E-state index is 0.0263. The van der Waals surface area contributed by atoms with E-state index in [4.69, 9.17) is 11.7 Å². The molecule has 0 aromatic heterocycles. The fourth-order valence-electron chi connectivity index (χ4n) is 1.21. The van der Waals surface area contributed by atoms with E-state index in [9.17, 15) is 0 Å². The lowest BCUT2D eigenvalue weighted by molar-refractivity contribution is 0.590. The summed E-state index contributed by atoms with van der Waals surface area (Å²) >= 11 is 0. The van der Waals surface area contributed by atoms with E-state index in [1.807, 2.05) is 12.1 Å². The van der Waals surface area contributed by atoms with Gasteiger partial charge in [0.05, 0.1) is 11.6 Å². The molecule has 0 aliphatic rings. The SMILES string of the molecule is C#Cc1cc(C#N)cc(C(C)(C)C)c1. The molecule has 0 N–H and O–H groups in total. The first-order valence-corrected chi connectivity index (χ1v) is 4.49. The third-order valence-electron chi connectivity index (χ3n) is 2.09. The van der Waals surface area contributed by atoms with Crippen LogP contribution in [0.5, 0.6) is 0 Å². The lowest BCUT2D eigenvalue weighted by Gasteiger charge is -2.19. The Morgan fingerprint density at radius 2 is 1.71 bits per heavy atom. The van der Waals surface area contributed by atoms with Gasteiger partial charge in [-0.2, -0.15) is 5.26 Å². The highest BCUT2D eigenvalue weighted by Crippen LogP contribution is 2.24. The van der Waals surface area contributed by atoms with Crippen molar-refractivity contribution in [3.63, 3.8) is 0 Å². The van der Waals surface area contributed by atoms with Crippen molar-refractivity contribution >= 4 is 0 Å². The molecule has 0 radical (unpaired) electrons. The number of terminal acetylenes is 1. The van der Waals surface area contributed by atoms with E-state index >= 15 is 0 Å². The highest BCUT2D eigenvalue weighted by molar-refractivity contribution is 5.45. The molecule has 1 heteroatoms. The first-order valence-electron chi connectivity index (χ1n) is 4.49. The fraction of sp³-hybridized carbons (Fsp3) is 0.308. The maximum Gasteiger partial charge on any atom is 0.0992 e. The second-order valence-corrected chi connectivity index (χ2v) is 4.31. The Hall–Kier alpha value is -1.73. The highest BCUT2D eigenvalue weighted by atomic mass is 14.2. The summed E-state index contributed by atoms with van der Waals surface area (Å²) in [6.45, 7) is 6.30. The summed E-state index contributed by atoms with van der Waals surface area (Å²) in [5.41, 5.74) is 2.53. The van der Waals surface area contributed by atoms with Crippen LogP contribution in [0.4, 0.5) is 0 Å². The molecule has 14 heavy (non-hydrogen) atoms. The summed E-state index contributed by atoms with van der Waals surface area (Å²) in [5, 5.41) is 8.83. The average Bonchev–Trinajstić information content (AvgIpc) is 2.15. The Labute approximate surface area is 85.4 Å². The monoisotopic (exact) mass is 183 g/mol. The van der Waals surface area contributed by atoms with Crippen LogP contribution in [0.25, 0.3) is 0 Å². The summed E-state index contributed by atoms with van der Waals surface area (Å²) in [5.74, 6) is 2.56. The van der Waals surface area contributed by atoms with Gasteiger partial charge in [-0.1, -0.05) is 26.7 Å². The van der Waals surface area contributed by atoms with Gasteiger partial charge >= 0.3 is 0 Å². The molecule has 0 heterocycles. The molecule has 0 bridgehead atoms. The molecule has 1 rings (SSSR count). The van der Waals surface area contributed by atoms with Crippen LogP contribution >= 0.6 is 0 Å². The van der Waals surface area contributed by atoms with Crippen LogP contribution in [0.2, 0.25) is 0 Å². The molecular formula is C13H13N. The van der Waals surface area contributed by atoms with Gasteiger partial charge in [0.25, 0.3) is 0 Å². The van der Waals surface area contributed by atoms with Gasteiger partial charge in [0, 0.05) is 5.56 Å².